The first-order valence-corrected chi connectivity index (χ1v) is 8.12. The number of carbonyl (C=O) groups excluding carboxylic acids is 1. The molecule has 1 saturated heterocycles. The summed E-state index contributed by atoms with van der Waals surface area (Å²) in [7, 11) is 0. The molecule has 2 rings (SSSR count). The number of rotatable bonds is 6. The van der Waals surface area contributed by atoms with Crippen molar-refractivity contribution in [3.05, 3.63) is 35.9 Å². The van der Waals surface area contributed by atoms with Crippen molar-refractivity contribution >= 4 is 12.0 Å². The zero-order valence-electron chi connectivity index (χ0n) is 13.8. The molecule has 2 N–H and O–H groups in total. The first kappa shape index (κ1) is 19.1. The third-order valence-corrected chi connectivity index (χ3v) is 3.89. The van der Waals surface area contributed by atoms with Crippen LogP contribution in [0.1, 0.15) is 18.4 Å². The van der Waals surface area contributed by atoms with Crippen LogP contribution < -0.4 is 5.32 Å². The lowest BCUT2D eigenvalue weighted by Crippen LogP contribution is -2.49. The Bertz CT molecular complexity index is 583. The number of hydrogen-bond donors (Lipinski definition) is 2. The van der Waals surface area contributed by atoms with E-state index in [2.05, 4.69) is 5.32 Å². The van der Waals surface area contributed by atoms with Crippen molar-refractivity contribution < 1.29 is 28.2 Å². The Morgan fingerprint density at radius 1 is 1.32 bits per heavy atom. The highest BCUT2D eigenvalue weighted by molar-refractivity contribution is 5.75. The molecule has 1 aromatic carbocycles. The number of urea groups is 1. The second kappa shape index (κ2) is 8.75. The fourth-order valence-corrected chi connectivity index (χ4v) is 2.66. The van der Waals surface area contributed by atoms with Gasteiger partial charge in [0.2, 0.25) is 0 Å². The number of nitrogens with zero attached hydrogens (tertiary/aromatic N) is 1. The molecule has 0 bridgehead atoms. The van der Waals surface area contributed by atoms with Gasteiger partial charge in [0.25, 0.3) is 5.92 Å². The van der Waals surface area contributed by atoms with Gasteiger partial charge in [-0.3, -0.25) is 4.79 Å². The van der Waals surface area contributed by atoms with E-state index in [1.54, 1.807) is 0 Å². The summed E-state index contributed by atoms with van der Waals surface area (Å²) in [6.45, 7) is -1.31. The van der Waals surface area contributed by atoms with E-state index < -0.39 is 37.1 Å². The maximum Gasteiger partial charge on any atom is 0.317 e. The highest BCUT2D eigenvalue weighted by atomic mass is 19.3. The molecule has 1 aromatic rings. The van der Waals surface area contributed by atoms with Crippen LogP contribution in [0.3, 0.4) is 0 Å². The van der Waals surface area contributed by atoms with Gasteiger partial charge >= 0.3 is 12.0 Å². The molecule has 8 heteroatoms. The first-order chi connectivity index (χ1) is 11.9. The number of carbonyl (C=O) groups is 2. The normalized spacial score (nSPS) is 18.2. The molecule has 1 atom stereocenters. The molecule has 6 nitrogen and oxygen atoms in total. The number of alkyl halides is 2. The van der Waals surface area contributed by atoms with Gasteiger partial charge in [0.15, 0.2) is 0 Å². The zero-order chi connectivity index (χ0) is 18.3. The highest BCUT2D eigenvalue weighted by Crippen LogP contribution is 2.19. The summed E-state index contributed by atoms with van der Waals surface area (Å²) in [5.41, 5.74) is 0.933. The van der Waals surface area contributed by atoms with Crippen molar-refractivity contribution in [1.82, 2.24) is 10.2 Å². The quantitative estimate of drug-likeness (QED) is 0.819. The minimum Gasteiger partial charge on any atom is -0.481 e. The van der Waals surface area contributed by atoms with Crippen LogP contribution in [0, 0.1) is 0 Å². The first-order valence-electron chi connectivity index (χ1n) is 8.12. The number of benzene rings is 1. The number of carboxylic acid groups (broad SMARTS) is 1. The lowest BCUT2D eigenvalue weighted by Gasteiger charge is -2.26. The van der Waals surface area contributed by atoms with E-state index in [1.807, 2.05) is 30.3 Å². The fourth-order valence-electron chi connectivity index (χ4n) is 2.66. The lowest BCUT2D eigenvalue weighted by atomic mass is 10.0. The average Bonchev–Trinajstić information content (AvgIpc) is 2.74. The van der Waals surface area contributed by atoms with E-state index in [0.29, 0.717) is 6.42 Å². The van der Waals surface area contributed by atoms with E-state index >= 15 is 0 Å². The molecule has 0 spiro atoms. The van der Waals surface area contributed by atoms with Gasteiger partial charge in [-0.15, -0.1) is 0 Å². The summed E-state index contributed by atoms with van der Waals surface area (Å²) < 4.78 is 32.0. The Hall–Kier alpha value is -2.22. The van der Waals surface area contributed by atoms with Crippen LogP contribution in [-0.4, -0.2) is 60.3 Å². The molecule has 1 heterocycles. The lowest BCUT2D eigenvalue weighted by molar-refractivity contribution is -0.137. The predicted molar refractivity (Wildman–Crippen MR) is 86.7 cm³/mol. The minimum atomic E-state index is -3.09. The number of halogens is 2. The molecule has 138 valence electrons. The van der Waals surface area contributed by atoms with Crippen LogP contribution >= 0.6 is 0 Å². The minimum absolute atomic E-state index is 0.0431. The Kier molecular flexibility index (Phi) is 6.69. The largest absolute Gasteiger partial charge is 0.481 e. The van der Waals surface area contributed by atoms with Gasteiger partial charge < -0.3 is 20.1 Å². The Morgan fingerprint density at radius 2 is 2.04 bits per heavy atom. The monoisotopic (exact) mass is 356 g/mol. The van der Waals surface area contributed by atoms with Crippen LogP contribution in [0.2, 0.25) is 0 Å². The molecule has 2 amide bonds. The van der Waals surface area contributed by atoms with Gasteiger partial charge in [0.05, 0.1) is 13.2 Å². The summed E-state index contributed by atoms with van der Waals surface area (Å²) >= 11 is 0. The van der Waals surface area contributed by atoms with Gasteiger partial charge in [-0.1, -0.05) is 30.3 Å². The topological polar surface area (TPSA) is 78.9 Å². The summed E-state index contributed by atoms with van der Waals surface area (Å²) in [5, 5.41) is 11.6. The molecule has 1 fully saturated rings. The van der Waals surface area contributed by atoms with Crippen LogP contribution in [-0.2, 0) is 16.0 Å². The molecule has 0 saturated carbocycles. The molecule has 1 unspecified atom stereocenters. The number of nitrogens with one attached hydrogen (secondary N) is 1. The van der Waals surface area contributed by atoms with Gasteiger partial charge in [0, 0.05) is 19.0 Å². The van der Waals surface area contributed by atoms with Crippen molar-refractivity contribution in [3.8, 4) is 0 Å². The van der Waals surface area contributed by atoms with Gasteiger partial charge in [-0.05, 0) is 18.4 Å². The van der Waals surface area contributed by atoms with E-state index in [1.165, 1.54) is 0 Å². The van der Waals surface area contributed by atoms with Crippen LogP contribution in [0.5, 0.6) is 0 Å². The highest BCUT2D eigenvalue weighted by Gasteiger charge is 2.36. The van der Waals surface area contributed by atoms with E-state index in [-0.39, 0.29) is 26.0 Å². The molecule has 0 aliphatic carbocycles. The fraction of sp³-hybridized carbons (Fsp3) is 0.529. The maximum atomic E-state index is 13.6. The van der Waals surface area contributed by atoms with Crippen molar-refractivity contribution in [2.24, 2.45) is 0 Å². The molecular formula is C17H22F2N2O4. The molecule has 0 radical (unpaired) electrons. The van der Waals surface area contributed by atoms with Crippen LogP contribution in [0.25, 0.3) is 0 Å². The number of carboxylic acids is 1. The van der Waals surface area contributed by atoms with Crippen molar-refractivity contribution in [3.63, 3.8) is 0 Å². The third kappa shape index (κ3) is 6.66. The van der Waals surface area contributed by atoms with E-state index in [0.717, 1.165) is 10.5 Å². The maximum absolute atomic E-state index is 13.6. The Labute approximate surface area is 144 Å². The Balaban J connectivity index is 2.01. The zero-order valence-corrected chi connectivity index (χ0v) is 13.8. The Morgan fingerprint density at radius 3 is 2.72 bits per heavy atom. The van der Waals surface area contributed by atoms with Gasteiger partial charge in [0.1, 0.15) is 6.61 Å². The predicted octanol–water partition coefficient (Wildman–Crippen LogP) is 2.14. The van der Waals surface area contributed by atoms with Crippen molar-refractivity contribution in [2.75, 3.05) is 26.3 Å². The summed E-state index contributed by atoms with van der Waals surface area (Å²) in [4.78, 5) is 24.2. The number of hydrogen-bond acceptors (Lipinski definition) is 3. The third-order valence-electron chi connectivity index (χ3n) is 3.89. The summed E-state index contributed by atoms with van der Waals surface area (Å²) in [6.07, 6.45) is 0.536. The standard InChI is InChI=1S/C17H22F2N2O4/c18-17(19)11-21(8-9-25-12-17)16(24)20-14(6-7-15(22)23)10-13-4-2-1-3-5-13/h1-5,14H,6-12H2,(H,20,24)(H,22,23). The molecular weight excluding hydrogens is 334 g/mol. The number of amides is 2. The van der Waals surface area contributed by atoms with Crippen LogP contribution in [0.4, 0.5) is 13.6 Å². The van der Waals surface area contributed by atoms with Crippen molar-refractivity contribution in [2.45, 2.75) is 31.2 Å². The smallest absolute Gasteiger partial charge is 0.317 e. The van der Waals surface area contributed by atoms with Crippen molar-refractivity contribution in [1.29, 1.82) is 0 Å². The van der Waals surface area contributed by atoms with Crippen LogP contribution in [0.15, 0.2) is 30.3 Å². The number of aliphatic carboxylic acids is 1. The number of ether oxygens (including phenoxy) is 1. The SMILES string of the molecule is O=C(O)CCC(Cc1ccccc1)NC(=O)N1CCOCC(F)(F)C1. The summed E-state index contributed by atoms with van der Waals surface area (Å²) in [6, 6.07) is 8.20. The van der Waals surface area contributed by atoms with E-state index in [4.69, 9.17) is 9.84 Å². The molecule has 25 heavy (non-hydrogen) atoms. The summed E-state index contributed by atoms with van der Waals surface area (Å²) in [5.74, 6) is -4.06. The molecule has 1 aliphatic rings. The van der Waals surface area contributed by atoms with Gasteiger partial charge in [-0.25, -0.2) is 13.6 Å². The molecule has 0 aromatic heterocycles. The molecule has 1 aliphatic heterocycles. The van der Waals surface area contributed by atoms with Gasteiger partial charge in [-0.2, -0.15) is 0 Å². The average molecular weight is 356 g/mol. The second-order valence-corrected chi connectivity index (χ2v) is 6.10. The van der Waals surface area contributed by atoms with E-state index in [9.17, 15) is 18.4 Å². The second-order valence-electron chi connectivity index (χ2n) is 6.10.